The molecular formula is C42H31N5. The van der Waals surface area contributed by atoms with Crippen LogP contribution in [0.2, 0.25) is 0 Å². The van der Waals surface area contributed by atoms with Gasteiger partial charge in [-0.15, -0.1) is 0 Å². The van der Waals surface area contributed by atoms with E-state index in [1.807, 2.05) is 12.3 Å². The molecule has 47 heavy (non-hydrogen) atoms. The summed E-state index contributed by atoms with van der Waals surface area (Å²) in [6, 6.07) is 43.8. The van der Waals surface area contributed by atoms with Crippen LogP contribution in [-0.2, 0) is 0 Å². The van der Waals surface area contributed by atoms with Gasteiger partial charge in [0.25, 0.3) is 0 Å². The highest BCUT2D eigenvalue weighted by Gasteiger charge is 2.33. The van der Waals surface area contributed by atoms with E-state index >= 15 is 0 Å². The molecule has 3 atom stereocenters. The quantitative estimate of drug-likeness (QED) is 0.175. The molecule has 10 rings (SSSR count). The van der Waals surface area contributed by atoms with E-state index in [1.165, 1.54) is 60.4 Å². The molecular weight excluding hydrogens is 574 g/mol. The second kappa shape index (κ2) is 10.2. The lowest BCUT2D eigenvalue weighted by Crippen LogP contribution is -2.30. The Labute approximate surface area is 272 Å². The third-order valence-corrected chi connectivity index (χ3v) is 9.96. The van der Waals surface area contributed by atoms with Crippen molar-refractivity contribution in [3.63, 3.8) is 0 Å². The smallest absolute Gasteiger partial charge is 0.123 e. The van der Waals surface area contributed by atoms with Gasteiger partial charge in [-0.25, -0.2) is 0 Å². The second-order valence-corrected chi connectivity index (χ2v) is 12.6. The van der Waals surface area contributed by atoms with Crippen molar-refractivity contribution in [2.75, 3.05) is 20.9 Å². The van der Waals surface area contributed by atoms with Crippen LogP contribution in [0.4, 0.5) is 22.7 Å². The Morgan fingerprint density at radius 2 is 1.36 bits per heavy atom. The summed E-state index contributed by atoms with van der Waals surface area (Å²) >= 11 is 0. The van der Waals surface area contributed by atoms with Crippen LogP contribution in [0.5, 0.6) is 0 Å². The van der Waals surface area contributed by atoms with E-state index in [0.29, 0.717) is 0 Å². The van der Waals surface area contributed by atoms with E-state index in [2.05, 4.69) is 161 Å². The highest BCUT2D eigenvalue weighted by molar-refractivity contribution is 6.22. The molecule has 0 bridgehead atoms. The molecule has 0 fully saturated rings. The fourth-order valence-corrected chi connectivity index (χ4v) is 7.76. The molecule has 3 N–H and O–H groups in total. The zero-order valence-corrected chi connectivity index (χ0v) is 25.6. The number of nitrogens with zero attached hydrogens (tertiary/aromatic N) is 2. The van der Waals surface area contributed by atoms with Crippen LogP contribution in [0.1, 0.15) is 23.3 Å². The number of fused-ring (bicyclic) bond motifs is 11. The van der Waals surface area contributed by atoms with Crippen molar-refractivity contribution in [1.82, 2.24) is 4.98 Å². The van der Waals surface area contributed by atoms with Gasteiger partial charge in [0.1, 0.15) is 6.17 Å². The van der Waals surface area contributed by atoms with Crippen LogP contribution >= 0.6 is 0 Å². The Morgan fingerprint density at radius 3 is 2.23 bits per heavy atom. The maximum Gasteiger partial charge on any atom is 0.123 e. The van der Waals surface area contributed by atoms with Crippen molar-refractivity contribution in [3.8, 4) is 11.1 Å². The number of benzene rings is 6. The zero-order chi connectivity index (χ0) is 30.9. The van der Waals surface area contributed by atoms with Gasteiger partial charge in [-0.05, 0) is 75.3 Å². The predicted molar refractivity (Wildman–Crippen MR) is 196 cm³/mol. The molecule has 0 saturated heterocycles. The summed E-state index contributed by atoms with van der Waals surface area (Å²) in [6.45, 7) is 0. The summed E-state index contributed by atoms with van der Waals surface area (Å²) in [5.74, 6) is 0. The van der Waals surface area contributed by atoms with Crippen molar-refractivity contribution >= 4 is 55.1 Å². The number of anilines is 4. The van der Waals surface area contributed by atoms with E-state index < -0.39 is 0 Å². The lowest BCUT2D eigenvalue weighted by molar-refractivity contribution is 0.621. The standard InChI is InChI=1S/C42H31N5/c1-2-10-26(11-3-1)38-41(35-14-6-8-22-43-35)44-36-21-18-29-24-27(16-19-30(29)39(36)46-38)28-17-20-33-34(25-28)31-12-4-5-13-32(31)40-42(33)47-23-9-7-15-37(47)45-40/h1-25,37-38,41,44-46H. The topological polar surface area (TPSA) is 52.2 Å². The molecule has 1 aromatic heterocycles. The number of allylic oxidation sites excluding steroid dienone is 2. The number of pyridine rings is 1. The van der Waals surface area contributed by atoms with Gasteiger partial charge in [0.05, 0.1) is 40.5 Å². The molecule has 0 spiro atoms. The number of hydrogen-bond acceptors (Lipinski definition) is 5. The van der Waals surface area contributed by atoms with E-state index in [0.717, 1.165) is 17.1 Å². The minimum absolute atomic E-state index is 0.00128. The van der Waals surface area contributed by atoms with Gasteiger partial charge in [-0.2, -0.15) is 0 Å². The molecule has 3 aliphatic rings. The van der Waals surface area contributed by atoms with Crippen LogP contribution in [0.25, 0.3) is 43.4 Å². The second-order valence-electron chi connectivity index (χ2n) is 12.6. The Balaban J connectivity index is 1.08. The molecule has 224 valence electrons. The number of aromatic nitrogens is 1. The Morgan fingerprint density at radius 1 is 0.553 bits per heavy atom. The molecule has 3 aliphatic heterocycles. The maximum absolute atomic E-state index is 4.72. The number of hydrogen-bond donors (Lipinski definition) is 3. The lowest BCUT2D eigenvalue weighted by atomic mass is 9.91. The first-order valence-corrected chi connectivity index (χ1v) is 16.2. The van der Waals surface area contributed by atoms with E-state index in [1.54, 1.807) is 0 Å². The Hall–Kier alpha value is -6.07. The molecule has 7 aromatic rings. The monoisotopic (exact) mass is 605 g/mol. The Kier molecular flexibility index (Phi) is 5.70. The fourth-order valence-electron chi connectivity index (χ4n) is 7.76. The first-order chi connectivity index (χ1) is 23.3. The largest absolute Gasteiger partial charge is 0.374 e. The van der Waals surface area contributed by atoms with Crippen LogP contribution in [0.15, 0.2) is 152 Å². The van der Waals surface area contributed by atoms with Crippen LogP contribution < -0.4 is 20.9 Å². The first-order valence-electron chi connectivity index (χ1n) is 16.2. The van der Waals surface area contributed by atoms with Gasteiger partial charge in [0, 0.05) is 28.6 Å². The molecule has 4 heterocycles. The van der Waals surface area contributed by atoms with Crippen molar-refractivity contribution in [2.45, 2.75) is 18.2 Å². The molecule has 0 radical (unpaired) electrons. The average molecular weight is 606 g/mol. The third kappa shape index (κ3) is 4.06. The highest BCUT2D eigenvalue weighted by Crippen LogP contribution is 2.49. The van der Waals surface area contributed by atoms with Crippen LogP contribution in [0, 0.1) is 0 Å². The van der Waals surface area contributed by atoms with Gasteiger partial charge in [-0.3, -0.25) is 4.98 Å². The molecule has 0 saturated carbocycles. The minimum Gasteiger partial charge on any atom is -0.374 e. The Bertz CT molecular complexity index is 2410. The van der Waals surface area contributed by atoms with Gasteiger partial charge in [0.2, 0.25) is 0 Å². The van der Waals surface area contributed by atoms with Crippen molar-refractivity contribution in [3.05, 3.63) is 163 Å². The molecule has 3 unspecified atom stereocenters. The van der Waals surface area contributed by atoms with Crippen molar-refractivity contribution in [2.24, 2.45) is 0 Å². The van der Waals surface area contributed by atoms with Gasteiger partial charge < -0.3 is 20.9 Å². The summed E-state index contributed by atoms with van der Waals surface area (Å²) in [7, 11) is 0. The summed E-state index contributed by atoms with van der Waals surface area (Å²) in [5.41, 5.74) is 9.33. The third-order valence-electron chi connectivity index (χ3n) is 9.96. The van der Waals surface area contributed by atoms with Gasteiger partial charge in [-0.1, -0.05) is 97.1 Å². The minimum atomic E-state index is -0.00128. The van der Waals surface area contributed by atoms with E-state index in [4.69, 9.17) is 4.98 Å². The lowest BCUT2D eigenvalue weighted by Gasteiger charge is -2.37. The van der Waals surface area contributed by atoms with Crippen molar-refractivity contribution < 1.29 is 0 Å². The van der Waals surface area contributed by atoms with Gasteiger partial charge >= 0.3 is 0 Å². The van der Waals surface area contributed by atoms with Gasteiger partial charge in [0.15, 0.2) is 0 Å². The maximum atomic E-state index is 4.72. The zero-order valence-electron chi connectivity index (χ0n) is 25.6. The van der Waals surface area contributed by atoms with Crippen molar-refractivity contribution in [1.29, 1.82) is 0 Å². The van der Waals surface area contributed by atoms with E-state index in [9.17, 15) is 0 Å². The fraction of sp³-hybridized carbons (Fsp3) is 0.0714. The number of nitrogens with one attached hydrogen (secondary N) is 3. The molecule has 0 amide bonds. The number of rotatable bonds is 3. The summed E-state index contributed by atoms with van der Waals surface area (Å²) < 4.78 is 0. The summed E-state index contributed by atoms with van der Waals surface area (Å²) in [6.07, 6.45) is 10.6. The van der Waals surface area contributed by atoms with Crippen LogP contribution in [-0.4, -0.2) is 11.1 Å². The molecule has 0 aliphatic carbocycles. The SMILES string of the molecule is C1=CC2Nc3c(c4ccc(-c5ccc6c7c(ccc6c5)NC(c5ccccn5)C(c5ccccc5)N7)cc4c4ccccc34)N2C=C1. The molecule has 5 nitrogen and oxygen atoms in total. The summed E-state index contributed by atoms with van der Waals surface area (Å²) in [5, 5.41) is 19.0. The normalized spacial score (nSPS) is 19.1. The molecule has 6 aromatic carbocycles. The summed E-state index contributed by atoms with van der Waals surface area (Å²) in [4.78, 5) is 7.08. The molecule has 5 heteroatoms. The van der Waals surface area contributed by atoms with Crippen LogP contribution in [0.3, 0.4) is 0 Å². The predicted octanol–water partition coefficient (Wildman–Crippen LogP) is 10.2. The average Bonchev–Trinajstić information content (AvgIpc) is 3.55. The highest BCUT2D eigenvalue weighted by atomic mass is 15.3. The van der Waals surface area contributed by atoms with E-state index in [-0.39, 0.29) is 18.2 Å². The first kappa shape index (κ1) is 26.2.